The van der Waals surface area contributed by atoms with Gasteiger partial charge in [-0.05, 0) is 63.2 Å². The number of Topliss-reactive ketones (excluding diaryl/α,β-unsaturated/α-hetero) is 1. The van der Waals surface area contributed by atoms with Crippen LogP contribution in [0.4, 0.5) is 0 Å². The fraction of sp³-hybridized carbons (Fsp3) is 0.379. The van der Waals surface area contributed by atoms with Crippen LogP contribution in [0.5, 0.6) is 11.5 Å². The number of ketones is 1. The van der Waals surface area contributed by atoms with E-state index in [-0.39, 0.29) is 17.8 Å². The molecule has 0 fully saturated rings. The highest BCUT2D eigenvalue weighted by Gasteiger charge is 2.44. The summed E-state index contributed by atoms with van der Waals surface area (Å²) in [5.41, 5.74) is 9.65. The molecule has 2 N–H and O–H groups in total. The van der Waals surface area contributed by atoms with E-state index in [4.69, 9.17) is 43.1 Å². The standard InChI is InChI=1S/C29H30BrCl2N3O4/c1-29(2)12-22-26(23(36)13-29)25(18(14-33)28(34)35(22)7-8-37-3)17-10-19(30)27(24(11-17)38-4)39-15-16-5-6-20(31)21(32)9-16/h5-6,9-11,25H,7-8,12-13,15,34H2,1-4H3/t25-/m0/s1. The number of nitrogens with two attached hydrogens (primary N) is 1. The number of hydrogen-bond donors (Lipinski definition) is 1. The molecule has 2 aromatic carbocycles. The Morgan fingerprint density at radius 3 is 2.56 bits per heavy atom. The number of carbonyl (C=O) groups excluding carboxylic acids is 1. The molecule has 10 heteroatoms. The summed E-state index contributed by atoms with van der Waals surface area (Å²) >= 11 is 15.8. The largest absolute Gasteiger partial charge is 0.493 e. The minimum Gasteiger partial charge on any atom is -0.493 e. The fourth-order valence-corrected chi connectivity index (χ4v) is 6.07. The van der Waals surface area contributed by atoms with Crippen LogP contribution in [-0.4, -0.2) is 38.1 Å². The zero-order valence-corrected chi connectivity index (χ0v) is 25.3. The second kappa shape index (κ2) is 11.8. The van der Waals surface area contributed by atoms with Crippen molar-refractivity contribution in [2.24, 2.45) is 11.1 Å². The van der Waals surface area contributed by atoms with Crippen molar-refractivity contribution in [2.75, 3.05) is 27.4 Å². The number of nitriles is 1. The monoisotopic (exact) mass is 633 g/mol. The summed E-state index contributed by atoms with van der Waals surface area (Å²) in [7, 11) is 3.15. The van der Waals surface area contributed by atoms with E-state index in [1.54, 1.807) is 32.4 Å². The predicted octanol–water partition coefficient (Wildman–Crippen LogP) is 6.73. The molecule has 1 heterocycles. The van der Waals surface area contributed by atoms with Crippen LogP contribution in [-0.2, 0) is 16.1 Å². The van der Waals surface area contributed by atoms with Crippen LogP contribution in [0.25, 0.3) is 0 Å². The van der Waals surface area contributed by atoms with Gasteiger partial charge in [0.25, 0.3) is 0 Å². The lowest BCUT2D eigenvalue weighted by molar-refractivity contribution is -0.118. The van der Waals surface area contributed by atoms with Crippen molar-refractivity contribution >= 4 is 44.9 Å². The number of hydrogen-bond acceptors (Lipinski definition) is 7. The Hall–Kier alpha value is -2.70. The minimum atomic E-state index is -0.637. The number of ether oxygens (including phenoxy) is 3. The van der Waals surface area contributed by atoms with E-state index in [0.29, 0.717) is 74.5 Å². The van der Waals surface area contributed by atoms with Gasteiger partial charge in [-0.25, -0.2) is 0 Å². The number of nitrogens with zero attached hydrogens (tertiary/aromatic N) is 2. The van der Waals surface area contributed by atoms with Crippen molar-refractivity contribution in [1.82, 2.24) is 4.90 Å². The van der Waals surface area contributed by atoms with Crippen LogP contribution in [0.1, 0.15) is 43.7 Å². The highest BCUT2D eigenvalue weighted by Crippen LogP contribution is 2.50. The third-order valence-electron chi connectivity index (χ3n) is 6.96. The van der Waals surface area contributed by atoms with Gasteiger partial charge in [0, 0.05) is 31.3 Å². The Morgan fingerprint density at radius 2 is 1.92 bits per heavy atom. The Balaban J connectivity index is 1.79. The number of benzene rings is 2. The third-order valence-corrected chi connectivity index (χ3v) is 8.29. The highest BCUT2D eigenvalue weighted by molar-refractivity contribution is 9.10. The summed E-state index contributed by atoms with van der Waals surface area (Å²) < 4.78 is 17.7. The number of halogens is 3. The van der Waals surface area contributed by atoms with Crippen LogP contribution < -0.4 is 15.2 Å². The van der Waals surface area contributed by atoms with Gasteiger partial charge in [-0.3, -0.25) is 4.79 Å². The Bertz CT molecular complexity index is 1410. The van der Waals surface area contributed by atoms with Gasteiger partial charge in [-0.1, -0.05) is 43.1 Å². The average Bonchev–Trinajstić information content (AvgIpc) is 2.87. The molecule has 0 saturated heterocycles. The molecule has 0 radical (unpaired) electrons. The van der Waals surface area contributed by atoms with Gasteiger partial charge in [-0.2, -0.15) is 5.26 Å². The molecule has 2 aromatic rings. The Morgan fingerprint density at radius 1 is 1.18 bits per heavy atom. The van der Waals surface area contributed by atoms with E-state index >= 15 is 0 Å². The lowest BCUT2D eigenvalue weighted by Gasteiger charge is -2.43. The van der Waals surface area contributed by atoms with Gasteiger partial charge >= 0.3 is 0 Å². The molecule has 4 rings (SSSR count). The maximum atomic E-state index is 13.7. The number of carbonyl (C=O) groups is 1. The molecule has 1 aliphatic heterocycles. The Labute approximate surface area is 247 Å². The van der Waals surface area contributed by atoms with E-state index in [0.717, 1.165) is 11.3 Å². The smallest absolute Gasteiger partial charge is 0.175 e. The Kier molecular flexibility index (Phi) is 8.87. The van der Waals surface area contributed by atoms with Gasteiger partial charge in [0.15, 0.2) is 17.3 Å². The summed E-state index contributed by atoms with van der Waals surface area (Å²) in [4.78, 5) is 15.5. The van der Waals surface area contributed by atoms with E-state index in [9.17, 15) is 10.1 Å². The molecule has 1 atom stereocenters. The molecule has 0 saturated carbocycles. The van der Waals surface area contributed by atoms with Crippen molar-refractivity contribution in [1.29, 1.82) is 5.26 Å². The van der Waals surface area contributed by atoms with Crippen LogP contribution in [0, 0.1) is 16.7 Å². The quantitative estimate of drug-likeness (QED) is 0.344. The van der Waals surface area contributed by atoms with Gasteiger partial charge in [0.2, 0.25) is 0 Å². The van der Waals surface area contributed by atoms with Gasteiger partial charge in [0.1, 0.15) is 12.4 Å². The molecule has 7 nitrogen and oxygen atoms in total. The minimum absolute atomic E-state index is 0.00366. The lowest BCUT2D eigenvalue weighted by Crippen LogP contribution is -2.43. The molecule has 0 spiro atoms. The summed E-state index contributed by atoms with van der Waals surface area (Å²) in [6.45, 7) is 5.20. The maximum absolute atomic E-state index is 13.7. The lowest BCUT2D eigenvalue weighted by atomic mass is 9.68. The summed E-state index contributed by atoms with van der Waals surface area (Å²) in [6, 6.07) is 11.2. The molecule has 1 aliphatic carbocycles. The van der Waals surface area contributed by atoms with Crippen molar-refractivity contribution in [3.05, 3.63) is 78.6 Å². The van der Waals surface area contributed by atoms with Gasteiger partial charge in [-0.15, -0.1) is 0 Å². The van der Waals surface area contributed by atoms with Crippen LogP contribution in [0.15, 0.2) is 57.5 Å². The van der Waals surface area contributed by atoms with Crippen molar-refractivity contribution < 1.29 is 19.0 Å². The van der Waals surface area contributed by atoms with Crippen LogP contribution in [0.3, 0.4) is 0 Å². The zero-order valence-electron chi connectivity index (χ0n) is 22.2. The topological polar surface area (TPSA) is 97.8 Å². The van der Waals surface area contributed by atoms with Gasteiger partial charge in [0.05, 0.1) is 45.8 Å². The van der Waals surface area contributed by atoms with E-state index in [1.165, 1.54) is 0 Å². The first kappa shape index (κ1) is 29.3. The molecule has 206 valence electrons. The zero-order chi connectivity index (χ0) is 28.5. The summed E-state index contributed by atoms with van der Waals surface area (Å²) in [5, 5.41) is 11.2. The predicted molar refractivity (Wildman–Crippen MR) is 155 cm³/mol. The molecular formula is C29H30BrCl2N3O4. The third kappa shape index (κ3) is 5.92. The molecule has 0 aromatic heterocycles. The van der Waals surface area contributed by atoms with E-state index in [2.05, 4.69) is 35.8 Å². The summed E-state index contributed by atoms with van der Waals surface area (Å²) in [6.07, 6.45) is 1.03. The molecular weight excluding hydrogens is 605 g/mol. The second-order valence-corrected chi connectivity index (χ2v) is 12.0. The second-order valence-electron chi connectivity index (χ2n) is 10.4. The molecule has 2 aliphatic rings. The van der Waals surface area contributed by atoms with Crippen LogP contribution in [0.2, 0.25) is 10.0 Å². The molecule has 0 bridgehead atoms. The molecule has 39 heavy (non-hydrogen) atoms. The first-order valence-corrected chi connectivity index (χ1v) is 13.9. The number of rotatable bonds is 8. The normalized spacial score (nSPS) is 18.7. The first-order valence-electron chi connectivity index (χ1n) is 12.4. The van der Waals surface area contributed by atoms with Crippen LogP contribution >= 0.6 is 39.1 Å². The highest BCUT2D eigenvalue weighted by atomic mass is 79.9. The molecule has 0 unspecified atom stereocenters. The molecule has 0 amide bonds. The maximum Gasteiger partial charge on any atom is 0.175 e. The van der Waals surface area contributed by atoms with Crippen molar-refractivity contribution in [3.63, 3.8) is 0 Å². The van der Waals surface area contributed by atoms with E-state index < -0.39 is 5.92 Å². The average molecular weight is 635 g/mol. The number of allylic oxidation sites excluding steroid dienone is 3. The van der Waals surface area contributed by atoms with Gasteiger partial charge < -0.3 is 24.8 Å². The SMILES string of the molecule is COCCN1C(N)=C(C#N)[C@H](c2cc(Br)c(OCc3ccc(Cl)c(Cl)c3)c(OC)c2)C2=C1CC(C)(C)CC2=O. The summed E-state index contributed by atoms with van der Waals surface area (Å²) in [5.74, 6) is 0.623. The van der Waals surface area contributed by atoms with E-state index in [1.807, 2.05) is 17.0 Å². The van der Waals surface area contributed by atoms with Crippen molar-refractivity contribution in [2.45, 2.75) is 39.2 Å². The fourth-order valence-electron chi connectivity index (χ4n) is 5.18. The number of methoxy groups -OCH3 is 2. The van der Waals surface area contributed by atoms with Crippen molar-refractivity contribution in [3.8, 4) is 17.6 Å². The first-order chi connectivity index (χ1) is 18.5.